The van der Waals surface area contributed by atoms with Crippen LogP contribution >= 0.6 is 0 Å². The van der Waals surface area contributed by atoms with Gasteiger partial charge in [-0.15, -0.1) is 0 Å². The summed E-state index contributed by atoms with van der Waals surface area (Å²) in [6, 6.07) is 35.2. The number of benzene rings is 2. The van der Waals surface area contributed by atoms with E-state index in [9.17, 15) is 0 Å². The Labute approximate surface area is 288 Å². The normalized spacial score (nSPS) is 11.2. The molecule has 0 amide bonds. The maximum atomic E-state index is 5.09. The third-order valence-electron chi connectivity index (χ3n) is 8.88. The fraction of sp³-hybridized carbons (Fsp3) is 0. The second kappa shape index (κ2) is 12.6. The van der Waals surface area contributed by atoms with Gasteiger partial charge in [-0.1, -0.05) is 24.3 Å². The largest absolute Gasteiger partial charge is 0.264 e. The molecule has 0 aliphatic rings. The number of nitrogens with zero attached hydrogens (tertiary/aromatic N) is 7. The molecule has 2 aromatic carbocycles. The minimum absolute atomic E-state index is 0.830. The summed E-state index contributed by atoms with van der Waals surface area (Å²) in [5, 5.41) is 4.33. The predicted molar refractivity (Wildman–Crippen MR) is 199 cm³/mol. The van der Waals surface area contributed by atoms with Crippen LogP contribution in [0.4, 0.5) is 0 Å². The average Bonchev–Trinajstić information content (AvgIpc) is 3.21. The molecule has 9 aromatic rings. The number of hydrogen-bond donors (Lipinski definition) is 0. The summed E-state index contributed by atoms with van der Waals surface area (Å²) < 4.78 is 0. The van der Waals surface area contributed by atoms with Crippen LogP contribution in [-0.2, 0) is 0 Å². The first-order chi connectivity index (χ1) is 24.8. The van der Waals surface area contributed by atoms with E-state index in [1.807, 2.05) is 85.7 Å². The minimum atomic E-state index is 0.830. The van der Waals surface area contributed by atoms with Crippen molar-refractivity contribution in [3.63, 3.8) is 0 Å². The Kier molecular flexibility index (Phi) is 7.33. The molecule has 0 atom stereocenters. The van der Waals surface area contributed by atoms with Gasteiger partial charge in [0, 0.05) is 89.6 Å². The summed E-state index contributed by atoms with van der Waals surface area (Å²) in [6.45, 7) is 0. The van der Waals surface area contributed by atoms with Crippen molar-refractivity contribution in [1.82, 2.24) is 34.9 Å². The second-order valence-corrected chi connectivity index (χ2v) is 11.9. The topological polar surface area (TPSA) is 90.2 Å². The van der Waals surface area contributed by atoms with Gasteiger partial charge in [0.05, 0.1) is 22.8 Å². The van der Waals surface area contributed by atoms with Crippen LogP contribution in [0.1, 0.15) is 0 Å². The van der Waals surface area contributed by atoms with Gasteiger partial charge in [-0.2, -0.15) is 0 Å². The van der Waals surface area contributed by atoms with E-state index in [-0.39, 0.29) is 0 Å². The molecule has 0 N–H and O–H groups in total. The van der Waals surface area contributed by atoms with Crippen molar-refractivity contribution in [3.8, 4) is 67.3 Å². The van der Waals surface area contributed by atoms with E-state index in [1.54, 1.807) is 24.8 Å². The van der Waals surface area contributed by atoms with Gasteiger partial charge in [-0.3, -0.25) is 24.9 Å². The molecular formula is C43H27N7. The standard InChI is InChI=1S/C43H27N7/c1-2-12-35-34(11-1)42(32-19-38(28-7-3-14-44-23-28)49-39(20-32)29-8-4-15-45-24-29)36-13-18-48-27-37(36)43(35)33-21-40(30-9-5-16-46-25-30)50-41(22-33)31-10-6-17-47-26-31/h1-27H. The van der Waals surface area contributed by atoms with Crippen molar-refractivity contribution in [2.24, 2.45) is 0 Å². The van der Waals surface area contributed by atoms with Crippen LogP contribution in [0.15, 0.2) is 165 Å². The maximum Gasteiger partial charge on any atom is 0.0731 e. The van der Waals surface area contributed by atoms with E-state index in [1.165, 1.54) is 0 Å². The Bertz CT molecular complexity index is 2270. The molecule has 0 bridgehead atoms. The highest BCUT2D eigenvalue weighted by Crippen LogP contribution is 2.45. The van der Waals surface area contributed by atoms with Crippen molar-refractivity contribution >= 4 is 21.5 Å². The lowest BCUT2D eigenvalue weighted by atomic mass is 9.86. The molecule has 0 saturated carbocycles. The van der Waals surface area contributed by atoms with E-state index < -0.39 is 0 Å². The SMILES string of the molecule is c1cncc(-c2cc(-c3c4ccccc4c(-c4cc(-c5cccnc5)nc(-c5cccnc5)c4)c4cnccc34)cc(-c3cccnc3)n2)c1. The van der Waals surface area contributed by atoms with E-state index in [0.29, 0.717) is 0 Å². The first kappa shape index (κ1) is 29.2. The summed E-state index contributed by atoms with van der Waals surface area (Å²) in [7, 11) is 0. The van der Waals surface area contributed by atoms with Gasteiger partial charge >= 0.3 is 0 Å². The van der Waals surface area contributed by atoms with Crippen LogP contribution in [0, 0.1) is 0 Å². The molecular weight excluding hydrogens is 615 g/mol. The first-order valence-electron chi connectivity index (χ1n) is 16.2. The fourth-order valence-electron chi connectivity index (χ4n) is 6.64. The summed E-state index contributed by atoms with van der Waals surface area (Å²) in [4.78, 5) is 32.4. The van der Waals surface area contributed by atoms with Gasteiger partial charge in [0.1, 0.15) is 0 Å². The highest BCUT2D eigenvalue weighted by molar-refractivity contribution is 6.21. The Balaban J connectivity index is 1.35. The summed E-state index contributed by atoms with van der Waals surface area (Å²) in [6.07, 6.45) is 18.4. The quantitative estimate of drug-likeness (QED) is 0.167. The Morgan fingerprint density at radius 2 is 0.640 bits per heavy atom. The van der Waals surface area contributed by atoms with Gasteiger partial charge in [0.25, 0.3) is 0 Å². The monoisotopic (exact) mass is 641 g/mol. The molecule has 234 valence electrons. The van der Waals surface area contributed by atoms with E-state index in [2.05, 4.69) is 79.5 Å². The van der Waals surface area contributed by atoms with Gasteiger partial charge in [-0.25, -0.2) is 9.97 Å². The van der Waals surface area contributed by atoms with Gasteiger partial charge < -0.3 is 0 Å². The maximum absolute atomic E-state index is 5.09. The Morgan fingerprint density at radius 3 is 1.02 bits per heavy atom. The highest BCUT2D eigenvalue weighted by Gasteiger charge is 2.20. The van der Waals surface area contributed by atoms with E-state index in [4.69, 9.17) is 9.97 Å². The molecule has 7 heterocycles. The van der Waals surface area contributed by atoms with Gasteiger partial charge in [0.15, 0.2) is 0 Å². The molecule has 0 radical (unpaired) electrons. The minimum Gasteiger partial charge on any atom is -0.264 e. The first-order valence-corrected chi connectivity index (χ1v) is 16.2. The Hall–Kier alpha value is -6.99. The zero-order valence-corrected chi connectivity index (χ0v) is 26.7. The molecule has 7 aromatic heterocycles. The molecule has 0 aliphatic carbocycles. The van der Waals surface area contributed by atoms with Crippen molar-refractivity contribution in [2.45, 2.75) is 0 Å². The molecule has 0 spiro atoms. The van der Waals surface area contributed by atoms with Crippen LogP contribution < -0.4 is 0 Å². The lowest BCUT2D eigenvalue weighted by Crippen LogP contribution is -1.96. The van der Waals surface area contributed by atoms with Gasteiger partial charge in [-0.05, 0) is 117 Å². The average molecular weight is 642 g/mol. The number of fused-ring (bicyclic) bond motifs is 2. The van der Waals surface area contributed by atoms with E-state index >= 15 is 0 Å². The molecule has 7 nitrogen and oxygen atoms in total. The Morgan fingerprint density at radius 1 is 0.280 bits per heavy atom. The predicted octanol–water partition coefficient (Wildman–Crippen LogP) is 9.76. The van der Waals surface area contributed by atoms with Crippen molar-refractivity contribution in [2.75, 3.05) is 0 Å². The number of pyridine rings is 7. The van der Waals surface area contributed by atoms with Crippen LogP contribution in [0.5, 0.6) is 0 Å². The number of rotatable bonds is 6. The molecule has 0 unspecified atom stereocenters. The van der Waals surface area contributed by atoms with Crippen LogP contribution in [0.2, 0.25) is 0 Å². The van der Waals surface area contributed by atoms with Crippen molar-refractivity contribution in [1.29, 1.82) is 0 Å². The second-order valence-electron chi connectivity index (χ2n) is 11.9. The molecule has 0 fully saturated rings. The highest BCUT2D eigenvalue weighted by atomic mass is 14.7. The zero-order valence-electron chi connectivity index (χ0n) is 26.7. The summed E-state index contributed by atoms with van der Waals surface area (Å²) >= 11 is 0. The summed E-state index contributed by atoms with van der Waals surface area (Å²) in [5.74, 6) is 0. The van der Waals surface area contributed by atoms with Crippen LogP contribution in [-0.4, -0.2) is 34.9 Å². The number of aromatic nitrogens is 7. The van der Waals surface area contributed by atoms with Crippen LogP contribution in [0.25, 0.3) is 88.8 Å². The third kappa shape index (κ3) is 5.33. The molecule has 0 aliphatic heterocycles. The third-order valence-corrected chi connectivity index (χ3v) is 8.88. The van der Waals surface area contributed by atoms with Crippen molar-refractivity contribution in [3.05, 3.63) is 165 Å². The zero-order chi connectivity index (χ0) is 33.3. The molecule has 50 heavy (non-hydrogen) atoms. The lowest BCUT2D eigenvalue weighted by Gasteiger charge is -2.19. The molecule has 0 saturated heterocycles. The lowest BCUT2D eigenvalue weighted by molar-refractivity contribution is 1.26. The summed E-state index contributed by atoms with van der Waals surface area (Å²) in [5.41, 5.74) is 11.3. The smallest absolute Gasteiger partial charge is 0.0731 e. The van der Waals surface area contributed by atoms with Gasteiger partial charge in [0.2, 0.25) is 0 Å². The molecule has 9 rings (SSSR count). The molecule has 7 heteroatoms. The fourth-order valence-corrected chi connectivity index (χ4v) is 6.64. The van der Waals surface area contributed by atoms with E-state index in [0.717, 1.165) is 88.8 Å². The van der Waals surface area contributed by atoms with Crippen LogP contribution in [0.3, 0.4) is 0 Å². The van der Waals surface area contributed by atoms with Crippen molar-refractivity contribution < 1.29 is 0 Å². The number of hydrogen-bond acceptors (Lipinski definition) is 7.